The van der Waals surface area contributed by atoms with Crippen LogP contribution in [-0.2, 0) is 0 Å². The Balaban J connectivity index is 1.87. The van der Waals surface area contributed by atoms with Crippen LogP contribution in [0.2, 0.25) is 10.0 Å². The molecular formula is C18H14Cl2N2O3S. The van der Waals surface area contributed by atoms with Gasteiger partial charge in [0.05, 0.1) is 30.5 Å². The number of rotatable bonds is 5. The van der Waals surface area contributed by atoms with Gasteiger partial charge in [-0.3, -0.25) is 10.1 Å². The van der Waals surface area contributed by atoms with E-state index in [9.17, 15) is 4.79 Å². The predicted molar refractivity (Wildman–Crippen MR) is 105 cm³/mol. The zero-order chi connectivity index (χ0) is 18.7. The van der Waals surface area contributed by atoms with Crippen LogP contribution >= 0.6 is 34.5 Å². The number of thiazole rings is 1. The molecule has 0 atom stereocenters. The van der Waals surface area contributed by atoms with Crippen molar-refractivity contribution in [2.45, 2.75) is 0 Å². The van der Waals surface area contributed by atoms with Crippen molar-refractivity contribution in [1.29, 1.82) is 0 Å². The summed E-state index contributed by atoms with van der Waals surface area (Å²) < 4.78 is 10.6. The van der Waals surface area contributed by atoms with E-state index in [2.05, 4.69) is 10.3 Å². The van der Waals surface area contributed by atoms with Gasteiger partial charge in [-0.2, -0.15) is 0 Å². The lowest BCUT2D eigenvalue weighted by Crippen LogP contribution is -2.13. The SMILES string of the molecule is COc1ccccc1-c1csc(NC(=O)c2cc(Cl)cc(Cl)c2OC)n1. The fourth-order valence-corrected chi connectivity index (χ4v) is 3.69. The minimum Gasteiger partial charge on any atom is -0.496 e. The lowest BCUT2D eigenvalue weighted by molar-refractivity contribution is 0.102. The second kappa shape index (κ2) is 7.95. The van der Waals surface area contributed by atoms with Crippen LogP contribution < -0.4 is 14.8 Å². The number of hydrogen-bond acceptors (Lipinski definition) is 5. The highest BCUT2D eigenvalue weighted by Crippen LogP contribution is 2.34. The van der Waals surface area contributed by atoms with Crippen molar-refractivity contribution in [2.75, 3.05) is 19.5 Å². The molecule has 0 fully saturated rings. The van der Waals surface area contributed by atoms with Crippen LogP contribution in [0.5, 0.6) is 11.5 Å². The first-order chi connectivity index (χ1) is 12.5. The van der Waals surface area contributed by atoms with Crippen LogP contribution in [0, 0.1) is 0 Å². The first-order valence-electron chi connectivity index (χ1n) is 7.46. The second-order valence-corrected chi connectivity index (χ2v) is 6.86. The third kappa shape index (κ3) is 3.77. The first-order valence-corrected chi connectivity index (χ1v) is 9.10. The number of carbonyl (C=O) groups is 1. The quantitative estimate of drug-likeness (QED) is 0.614. The summed E-state index contributed by atoms with van der Waals surface area (Å²) in [6.45, 7) is 0. The minimum absolute atomic E-state index is 0.235. The van der Waals surface area contributed by atoms with Crippen molar-refractivity contribution in [2.24, 2.45) is 0 Å². The Hall–Kier alpha value is -2.28. The van der Waals surface area contributed by atoms with Gasteiger partial charge in [0.2, 0.25) is 0 Å². The zero-order valence-electron chi connectivity index (χ0n) is 13.9. The molecule has 1 amide bonds. The molecule has 0 aliphatic heterocycles. The molecule has 26 heavy (non-hydrogen) atoms. The summed E-state index contributed by atoms with van der Waals surface area (Å²) in [6, 6.07) is 10.5. The van der Waals surface area contributed by atoms with Gasteiger partial charge >= 0.3 is 0 Å². The monoisotopic (exact) mass is 408 g/mol. The summed E-state index contributed by atoms with van der Waals surface area (Å²) in [7, 11) is 3.04. The van der Waals surface area contributed by atoms with E-state index in [0.717, 1.165) is 5.56 Å². The van der Waals surface area contributed by atoms with Gasteiger partial charge in [-0.25, -0.2) is 4.98 Å². The summed E-state index contributed by atoms with van der Waals surface area (Å²) in [5, 5.41) is 5.63. The fraction of sp³-hybridized carbons (Fsp3) is 0.111. The molecule has 0 bridgehead atoms. The molecule has 0 radical (unpaired) electrons. The molecule has 0 saturated heterocycles. The Labute approximate surface area is 164 Å². The number of halogens is 2. The number of methoxy groups -OCH3 is 2. The number of hydrogen-bond donors (Lipinski definition) is 1. The number of carbonyl (C=O) groups excluding carboxylic acids is 1. The number of anilines is 1. The van der Waals surface area contributed by atoms with Gasteiger partial charge in [0, 0.05) is 16.0 Å². The van der Waals surface area contributed by atoms with Crippen molar-refractivity contribution in [3.8, 4) is 22.8 Å². The number of para-hydroxylation sites is 1. The molecule has 8 heteroatoms. The van der Waals surface area contributed by atoms with Gasteiger partial charge in [0.1, 0.15) is 11.5 Å². The number of amides is 1. The summed E-state index contributed by atoms with van der Waals surface area (Å²) in [4.78, 5) is 17.1. The molecule has 2 aromatic carbocycles. The van der Waals surface area contributed by atoms with E-state index < -0.39 is 5.91 Å². The van der Waals surface area contributed by atoms with Gasteiger partial charge < -0.3 is 9.47 Å². The van der Waals surface area contributed by atoms with Gasteiger partial charge in [0.25, 0.3) is 5.91 Å². The van der Waals surface area contributed by atoms with E-state index in [4.69, 9.17) is 32.7 Å². The van der Waals surface area contributed by atoms with Crippen LogP contribution in [0.25, 0.3) is 11.3 Å². The highest BCUT2D eigenvalue weighted by atomic mass is 35.5. The third-order valence-electron chi connectivity index (χ3n) is 3.56. The van der Waals surface area contributed by atoms with E-state index in [1.807, 2.05) is 29.6 Å². The summed E-state index contributed by atoms with van der Waals surface area (Å²) in [5.74, 6) is 0.557. The molecular weight excluding hydrogens is 395 g/mol. The molecule has 1 N–H and O–H groups in total. The molecule has 3 aromatic rings. The molecule has 5 nitrogen and oxygen atoms in total. The molecule has 3 rings (SSSR count). The van der Waals surface area contributed by atoms with Gasteiger partial charge in [-0.1, -0.05) is 35.3 Å². The Morgan fingerprint density at radius 2 is 1.92 bits per heavy atom. The maximum atomic E-state index is 12.6. The molecule has 1 aromatic heterocycles. The topological polar surface area (TPSA) is 60.5 Å². The summed E-state index contributed by atoms with van der Waals surface area (Å²) >= 11 is 13.4. The molecule has 0 unspecified atom stereocenters. The number of nitrogens with zero attached hydrogens (tertiary/aromatic N) is 1. The van der Waals surface area contributed by atoms with E-state index in [-0.39, 0.29) is 16.3 Å². The van der Waals surface area contributed by atoms with Crippen molar-refractivity contribution in [1.82, 2.24) is 4.98 Å². The number of nitrogens with one attached hydrogen (secondary N) is 1. The highest BCUT2D eigenvalue weighted by molar-refractivity contribution is 7.14. The minimum atomic E-state index is -0.410. The summed E-state index contributed by atoms with van der Waals surface area (Å²) in [6.07, 6.45) is 0. The van der Waals surface area contributed by atoms with Gasteiger partial charge in [0.15, 0.2) is 5.13 Å². The highest BCUT2D eigenvalue weighted by Gasteiger charge is 2.18. The van der Waals surface area contributed by atoms with E-state index in [1.165, 1.54) is 30.6 Å². The number of benzene rings is 2. The fourth-order valence-electron chi connectivity index (χ4n) is 2.41. The Morgan fingerprint density at radius 3 is 2.65 bits per heavy atom. The molecule has 0 spiro atoms. The maximum absolute atomic E-state index is 12.6. The van der Waals surface area contributed by atoms with Crippen LogP contribution in [-0.4, -0.2) is 25.1 Å². The van der Waals surface area contributed by atoms with Crippen LogP contribution in [0.4, 0.5) is 5.13 Å². The molecule has 1 heterocycles. The number of ether oxygens (including phenoxy) is 2. The Bertz CT molecular complexity index is 959. The average molecular weight is 409 g/mol. The third-order valence-corrected chi connectivity index (χ3v) is 4.82. The van der Waals surface area contributed by atoms with E-state index >= 15 is 0 Å². The lowest BCUT2D eigenvalue weighted by atomic mass is 10.1. The van der Waals surface area contributed by atoms with Crippen molar-refractivity contribution in [3.05, 3.63) is 57.4 Å². The van der Waals surface area contributed by atoms with Gasteiger partial charge in [-0.05, 0) is 24.3 Å². The average Bonchev–Trinajstić information content (AvgIpc) is 3.09. The van der Waals surface area contributed by atoms with E-state index in [1.54, 1.807) is 7.11 Å². The maximum Gasteiger partial charge on any atom is 0.261 e. The molecule has 0 aliphatic carbocycles. The predicted octanol–water partition coefficient (Wildman–Crippen LogP) is 5.39. The zero-order valence-corrected chi connectivity index (χ0v) is 16.2. The van der Waals surface area contributed by atoms with Crippen molar-refractivity contribution >= 4 is 45.6 Å². The van der Waals surface area contributed by atoms with Crippen LogP contribution in [0.3, 0.4) is 0 Å². The largest absolute Gasteiger partial charge is 0.496 e. The molecule has 134 valence electrons. The first kappa shape index (κ1) is 18.5. The lowest BCUT2D eigenvalue weighted by Gasteiger charge is -2.10. The van der Waals surface area contributed by atoms with E-state index in [0.29, 0.717) is 21.6 Å². The van der Waals surface area contributed by atoms with Crippen molar-refractivity contribution < 1.29 is 14.3 Å². The Morgan fingerprint density at radius 1 is 1.15 bits per heavy atom. The molecule has 0 saturated carbocycles. The smallest absolute Gasteiger partial charge is 0.261 e. The van der Waals surface area contributed by atoms with Crippen LogP contribution in [0.1, 0.15) is 10.4 Å². The number of aromatic nitrogens is 1. The normalized spacial score (nSPS) is 10.5. The molecule has 0 aliphatic rings. The van der Waals surface area contributed by atoms with Crippen LogP contribution in [0.15, 0.2) is 41.8 Å². The Kier molecular flexibility index (Phi) is 5.66. The van der Waals surface area contributed by atoms with Gasteiger partial charge in [-0.15, -0.1) is 11.3 Å². The van der Waals surface area contributed by atoms with Crippen molar-refractivity contribution in [3.63, 3.8) is 0 Å². The summed E-state index contributed by atoms with van der Waals surface area (Å²) in [5.41, 5.74) is 1.79. The standard InChI is InChI=1S/C18H14Cl2N2O3S/c1-24-15-6-4-3-5-11(15)14-9-26-18(21-14)22-17(23)12-7-10(19)8-13(20)16(12)25-2/h3-9H,1-2H3,(H,21,22,23). The second-order valence-electron chi connectivity index (χ2n) is 5.16.